The maximum absolute atomic E-state index is 13.3. The number of Topliss-reactive ketones (excluding diaryl/α,β-unsaturated/α-hetero) is 1. The van der Waals surface area contributed by atoms with Gasteiger partial charge in [-0.25, -0.2) is 0 Å². The number of hydrogen-bond acceptors (Lipinski definition) is 4. The van der Waals surface area contributed by atoms with Crippen LogP contribution in [0.5, 0.6) is 0 Å². The van der Waals surface area contributed by atoms with Gasteiger partial charge in [-0.1, -0.05) is 60.7 Å². The summed E-state index contributed by atoms with van der Waals surface area (Å²) >= 11 is 0. The summed E-state index contributed by atoms with van der Waals surface area (Å²) in [5.74, 6) is -1.28. The number of benzene rings is 3. The van der Waals surface area contributed by atoms with E-state index in [9.17, 15) is 14.4 Å². The van der Waals surface area contributed by atoms with Crippen molar-refractivity contribution in [3.05, 3.63) is 125 Å². The van der Waals surface area contributed by atoms with Gasteiger partial charge in [-0.05, 0) is 65.9 Å². The fraction of sp³-hybridized carbons (Fsp3) is 0.188. The molecule has 4 rings (SSSR count). The summed E-state index contributed by atoms with van der Waals surface area (Å²) in [5.41, 5.74) is 7.21. The summed E-state index contributed by atoms with van der Waals surface area (Å²) in [6, 6.07) is 27.1. The highest BCUT2D eigenvalue weighted by Gasteiger charge is 2.21. The molecule has 1 unspecified atom stereocenters. The van der Waals surface area contributed by atoms with Crippen LogP contribution in [0.1, 0.15) is 61.9 Å². The second-order valence-electron chi connectivity index (χ2n) is 9.32. The quantitative estimate of drug-likeness (QED) is 0.258. The summed E-state index contributed by atoms with van der Waals surface area (Å²) in [6.45, 7) is 4.03. The predicted molar refractivity (Wildman–Crippen MR) is 147 cm³/mol. The fourth-order valence-corrected chi connectivity index (χ4v) is 4.51. The average Bonchev–Trinajstić information content (AvgIpc) is 2.92. The molecule has 38 heavy (non-hydrogen) atoms. The van der Waals surface area contributed by atoms with Gasteiger partial charge in [0.05, 0.1) is 6.42 Å². The number of aryl methyl sites for hydroxylation is 2. The Balaban J connectivity index is 1.55. The number of carbonyl (C=O) groups excluding carboxylic acids is 2. The number of carbonyl (C=O) groups is 3. The van der Waals surface area contributed by atoms with Crippen molar-refractivity contribution in [2.75, 3.05) is 6.54 Å². The number of amides is 1. The normalized spacial score (nSPS) is 11.5. The van der Waals surface area contributed by atoms with Crippen molar-refractivity contribution >= 4 is 17.7 Å². The molecule has 0 fully saturated rings. The Kier molecular flexibility index (Phi) is 8.44. The Hall–Kier alpha value is -4.58. The molecule has 1 aromatic heterocycles. The Labute approximate surface area is 222 Å². The zero-order valence-corrected chi connectivity index (χ0v) is 21.5. The van der Waals surface area contributed by atoms with E-state index in [1.54, 1.807) is 24.4 Å². The molecular weight excluding hydrogens is 476 g/mol. The van der Waals surface area contributed by atoms with Crippen molar-refractivity contribution in [1.82, 2.24) is 10.3 Å². The van der Waals surface area contributed by atoms with Crippen molar-refractivity contribution in [1.29, 1.82) is 0 Å². The number of ketones is 1. The van der Waals surface area contributed by atoms with E-state index in [0.29, 0.717) is 17.5 Å². The number of aliphatic carboxylic acids is 1. The van der Waals surface area contributed by atoms with Gasteiger partial charge in [-0.3, -0.25) is 19.4 Å². The van der Waals surface area contributed by atoms with Crippen molar-refractivity contribution in [2.45, 2.75) is 32.6 Å². The minimum absolute atomic E-state index is 0.0741. The monoisotopic (exact) mass is 506 g/mol. The second-order valence-corrected chi connectivity index (χ2v) is 9.32. The fourth-order valence-electron chi connectivity index (χ4n) is 4.51. The standard InChI is InChI=1S/C32H30N2O4/c1-21-5-3-4-6-28(21)29(20-30(35)27-15-17-33-22(2)19-27)25-11-7-23(8-12-25)24-9-13-26(14-10-24)32(38)34-18-16-31(36)37/h3-15,17,19,29H,16,18,20H2,1-2H3,(H,34,38)(H,36,37). The highest BCUT2D eigenvalue weighted by atomic mass is 16.4. The first-order valence-electron chi connectivity index (χ1n) is 12.5. The molecule has 0 saturated carbocycles. The van der Waals surface area contributed by atoms with Gasteiger partial charge in [0.15, 0.2) is 5.78 Å². The lowest BCUT2D eigenvalue weighted by atomic mass is 9.83. The molecule has 0 aliphatic heterocycles. The minimum atomic E-state index is -0.953. The van der Waals surface area contributed by atoms with Gasteiger partial charge in [0.25, 0.3) is 5.91 Å². The van der Waals surface area contributed by atoms with E-state index in [-0.39, 0.29) is 30.6 Å². The summed E-state index contributed by atoms with van der Waals surface area (Å²) in [6.07, 6.45) is 1.90. The number of rotatable bonds is 10. The number of carboxylic acids is 1. The van der Waals surface area contributed by atoms with Crippen LogP contribution in [0, 0.1) is 13.8 Å². The molecule has 192 valence electrons. The largest absolute Gasteiger partial charge is 0.481 e. The lowest BCUT2D eigenvalue weighted by Crippen LogP contribution is -2.25. The molecule has 0 saturated heterocycles. The highest BCUT2D eigenvalue weighted by molar-refractivity contribution is 5.97. The summed E-state index contributed by atoms with van der Waals surface area (Å²) in [7, 11) is 0. The van der Waals surface area contributed by atoms with Gasteiger partial charge in [0.1, 0.15) is 0 Å². The van der Waals surface area contributed by atoms with E-state index in [2.05, 4.69) is 41.5 Å². The van der Waals surface area contributed by atoms with Crippen molar-refractivity contribution in [2.24, 2.45) is 0 Å². The molecule has 1 amide bonds. The summed E-state index contributed by atoms with van der Waals surface area (Å²) in [4.78, 5) is 40.3. The van der Waals surface area contributed by atoms with Crippen LogP contribution in [0.3, 0.4) is 0 Å². The first kappa shape index (κ1) is 26.5. The van der Waals surface area contributed by atoms with Gasteiger partial charge in [-0.2, -0.15) is 0 Å². The van der Waals surface area contributed by atoms with Crippen LogP contribution in [-0.4, -0.2) is 34.3 Å². The number of aromatic nitrogens is 1. The number of nitrogens with zero attached hydrogens (tertiary/aromatic N) is 1. The number of pyridine rings is 1. The topological polar surface area (TPSA) is 96.4 Å². The maximum Gasteiger partial charge on any atom is 0.305 e. The zero-order chi connectivity index (χ0) is 27.1. The van der Waals surface area contributed by atoms with Crippen LogP contribution in [0.15, 0.2) is 91.1 Å². The summed E-state index contributed by atoms with van der Waals surface area (Å²) in [5, 5.41) is 11.3. The van der Waals surface area contributed by atoms with Gasteiger partial charge < -0.3 is 10.4 Å². The van der Waals surface area contributed by atoms with E-state index in [4.69, 9.17) is 5.11 Å². The molecule has 0 aliphatic rings. The molecule has 4 aromatic rings. The Morgan fingerprint density at radius 2 is 1.50 bits per heavy atom. The van der Waals surface area contributed by atoms with Crippen LogP contribution in [0.2, 0.25) is 0 Å². The van der Waals surface area contributed by atoms with E-state index in [1.807, 2.05) is 49.4 Å². The molecule has 0 bridgehead atoms. The van der Waals surface area contributed by atoms with Crippen LogP contribution in [0.4, 0.5) is 0 Å². The van der Waals surface area contributed by atoms with E-state index in [1.165, 1.54) is 0 Å². The molecule has 0 radical (unpaired) electrons. The highest BCUT2D eigenvalue weighted by Crippen LogP contribution is 2.33. The molecule has 6 nitrogen and oxygen atoms in total. The van der Waals surface area contributed by atoms with E-state index < -0.39 is 5.97 Å². The Morgan fingerprint density at radius 3 is 2.13 bits per heavy atom. The molecule has 1 heterocycles. The lowest BCUT2D eigenvalue weighted by molar-refractivity contribution is -0.136. The van der Waals surface area contributed by atoms with Crippen LogP contribution in [-0.2, 0) is 4.79 Å². The van der Waals surface area contributed by atoms with Gasteiger partial charge in [0, 0.05) is 41.9 Å². The number of hydrogen-bond donors (Lipinski definition) is 2. The first-order valence-corrected chi connectivity index (χ1v) is 12.5. The molecule has 0 spiro atoms. The van der Waals surface area contributed by atoms with Gasteiger partial charge in [-0.15, -0.1) is 0 Å². The Morgan fingerprint density at radius 1 is 0.842 bits per heavy atom. The third-order valence-electron chi connectivity index (χ3n) is 6.59. The van der Waals surface area contributed by atoms with Crippen molar-refractivity contribution in [3.8, 4) is 11.1 Å². The second kappa shape index (κ2) is 12.1. The number of nitrogens with one attached hydrogen (secondary N) is 1. The van der Waals surface area contributed by atoms with Gasteiger partial charge >= 0.3 is 5.97 Å². The number of carboxylic acid groups (broad SMARTS) is 1. The molecule has 0 aliphatic carbocycles. The molecule has 6 heteroatoms. The third-order valence-corrected chi connectivity index (χ3v) is 6.59. The third kappa shape index (κ3) is 6.59. The lowest BCUT2D eigenvalue weighted by Gasteiger charge is -2.20. The molecule has 1 atom stereocenters. The van der Waals surface area contributed by atoms with Gasteiger partial charge in [0.2, 0.25) is 0 Å². The predicted octanol–water partition coefficient (Wildman–Crippen LogP) is 5.97. The average molecular weight is 507 g/mol. The maximum atomic E-state index is 13.3. The van der Waals surface area contributed by atoms with Crippen LogP contribution < -0.4 is 5.32 Å². The first-order chi connectivity index (χ1) is 18.3. The van der Waals surface area contributed by atoms with E-state index >= 15 is 0 Å². The molecule has 2 N–H and O–H groups in total. The Bertz CT molecular complexity index is 1440. The zero-order valence-electron chi connectivity index (χ0n) is 21.5. The van der Waals surface area contributed by atoms with Crippen LogP contribution >= 0.6 is 0 Å². The van der Waals surface area contributed by atoms with Crippen molar-refractivity contribution < 1.29 is 19.5 Å². The van der Waals surface area contributed by atoms with Crippen molar-refractivity contribution in [3.63, 3.8) is 0 Å². The molecule has 3 aromatic carbocycles. The minimum Gasteiger partial charge on any atom is -0.481 e. The smallest absolute Gasteiger partial charge is 0.305 e. The molecular formula is C32H30N2O4. The van der Waals surface area contributed by atoms with E-state index in [0.717, 1.165) is 33.5 Å². The SMILES string of the molecule is Cc1cc(C(=O)CC(c2ccc(-c3ccc(C(=O)NCCC(=O)O)cc3)cc2)c2ccccc2C)ccn1. The van der Waals surface area contributed by atoms with Crippen LogP contribution in [0.25, 0.3) is 11.1 Å². The summed E-state index contributed by atoms with van der Waals surface area (Å²) < 4.78 is 0.